The van der Waals surface area contributed by atoms with Gasteiger partial charge in [0.25, 0.3) is 0 Å². The average Bonchev–Trinajstić information content (AvgIpc) is 2.74. The Labute approximate surface area is 104 Å². The topological polar surface area (TPSA) is 29.0 Å². The molecule has 3 nitrogen and oxygen atoms in total. The lowest BCUT2D eigenvalue weighted by atomic mass is 10.1. The Morgan fingerprint density at radius 3 is 3.00 bits per heavy atom. The third-order valence-electron chi connectivity index (χ3n) is 2.46. The first-order valence-electron chi connectivity index (χ1n) is 4.59. The van der Waals surface area contributed by atoms with Gasteiger partial charge in [-0.05, 0) is 34.7 Å². The zero-order chi connectivity index (χ0) is 9.97. The molecule has 78 valence electrons. The lowest BCUT2D eigenvalue weighted by molar-refractivity contribution is 0.575. The van der Waals surface area contributed by atoms with Crippen molar-refractivity contribution in [3.63, 3.8) is 0 Å². The molecule has 0 aromatic carbocycles. The molecular weight excluding hydrogens is 330 g/mol. The van der Waals surface area contributed by atoms with Crippen molar-refractivity contribution < 1.29 is 0 Å². The van der Waals surface area contributed by atoms with Crippen LogP contribution in [0.4, 0.5) is 5.13 Å². The molecule has 1 aromatic heterocycles. The Hall–Kier alpha value is 0.320. The molecule has 1 aliphatic rings. The first-order valence-corrected chi connectivity index (χ1v) is 7.32. The largest absolute Gasteiger partial charge is 0.346 e. The fraction of sp³-hybridized carbons (Fsp3) is 0.750. The summed E-state index contributed by atoms with van der Waals surface area (Å²) in [4.78, 5) is 2.33. The number of nitrogens with zero attached hydrogens (tertiary/aromatic N) is 3. The summed E-state index contributed by atoms with van der Waals surface area (Å²) in [6.45, 7) is 2.26. The summed E-state index contributed by atoms with van der Waals surface area (Å²) in [6.07, 6.45) is 2.54. The van der Waals surface area contributed by atoms with Crippen molar-refractivity contribution in [3.8, 4) is 0 Å². The van der Waals surface area contributed by atoms with E-state index < -0.39 is 0 Å². The Balaban J connectivity index is 1.95. The normalized spacial score (nSPS) is 21.9. The van der Waals surface area contributed by atoms with Gasteiger partial charge in [-0.1, -0.05) is 27.3 Å². The van der Waals surface area contributed by atoms with Gasteiger partial charge in [0, 0.05) is 18.4 Å². The van der Waals surface area contributed by atoms with E-state index in [2.05, 4.69) is 47.0 Å². The monoisotopic (exact) mass is 339 g/mol. The van der Waals surface area contributed by atoms with E-state index in [-0.39, 0.29) is 0 Å². The molecule has 6 heteroatoms. The minimum atomic E-state index is 0.817. The number of rotatable bonds is 3. The molecule has 1 fully saturated rings. The second-order valence-electron chi connectivity index (χ2n) is 3.42. The van der Waals surface area contributed by atoms with Crippen molar-refractivity contribution in [2.75, 3.05) is 23.3 Å². The highest BCUT2D eigenvalue weighted by atomic mass is 79.9. The zero-order valence-corrected chi connectivity index (χ0v) is 11.6. The van der Waals surface area contributed by atoms with Crippen LogP contribution in [0.2, 0.25) is 0 Å². The summed E-state index contributed by atoms with van der Waals surface area (Å²) >= 11 is 8.44. The van der Waals surface area contributed by atoms with Gasteiger partial charge in [0.05, 0.1) is 0 Å². The Kier molecular flexibility index (Phi) is 3.79. The van der Waals surface area contributed by atoms with Crippen LogP contribution < -0.4 is 4.90 Å². The van der Waals surface area contributed by atoms with E-state index in [1.165, 1.54) is 12.8 Å². The number of alkyl halides is 1. The highest BCUT2D eigenvalue weighted by Gasteiger charge is 2.24. The molecule has 0 N–H and O–H groups in total. The predicted octanol–water partition coefficient (Wildman–Crippen LogP) is 2.91. The molecule has 0 spiro atoms. The van der Waals surface area contributed by atoms with Crippen molar-refractivity contribution >= 4 is 48.3 Å². The third-order valence-corrected chi connectivity index (χ3v) is 4.34. The Morgan fingerprint density at radius 1 is 1.50 bits per heavy atom. The van der Waals surface area contributed by atoms with Gasteiger partial charge < -0.3 is 4.90 Å². The summed E-state index contributed by atoms with van der Waals surface area (Å²) in [5, 5.41) is 10.2. The predicted molar refractivity (Wildman–Crippen MR) is 66.3 cm³/mol. The van der Waals surface area contributed by atoms with Gasteiger partial charge in [-0.15, -0.1) is 10.2 Å². The quantitative estimate of drug-likeness (QED) is 0.792. The van der Waals surface area contributed by atoms with Crippen LogP contribution in [0.1, 0.15) is 12.8 Å². The highest BCUT2D eigenvalue weighted by Crippen LogP contribution is 2.29. The maximum Gasteiger partial charge on any atom is 0.209 e. The second-order valence-corrected chi connectivity index (χ2v) is 6.44. The van der Waals surface area contributed by atoms with Crippen molar-refractivity contribution in [2.45, 2.75) is 12.8 Å². The molecule has 2 rings (SSSR count). The molecule has 14 heavy (non-hydrogen) atoms. The third kappa shape index (κ3) is 2.46. The van der Waals surface area contributed by atoms with Gasteiger partial charge in [-0.25, -0.2) is 0 Å². The maximum absolute atomic E-state index is 4.13. The standard InChI is InChI=1S/C8H11Br2N3S/c9-3-1-6-2-4-13(5-6)8-12-11-7(10)14-8/h6H,1-5H2. The van der Waals surface area contributed by atoms with E-state index >= 15 is 0 Å². The minimum Gasteiger partial charge on any atom is -0.346 e. The molecular formula is C8H11Br2N3S. The molecule has 1 aliphatic heterocycles. The summed E-state index contributed by atoms with van der Waals surface area (Å²) < 4.78 is 0.872. The van der Waals surface area contributed by atoms with E-state index in [1.54, 1.807) is 11.3 Å². The SMILES string of the molecule is BrCCC1CCN(c2nnc(Br)s2)C1. The van der Waals surface area contributed by atoms with Gasteiger partial charge in [0.1, 0.15) is 0 Å². The molecule has 2 heterocycles. The number of hydrogen-bond donors (Lipinski definition) is 0. The summed E-state index contributed by atoms with van der Waals surface area (Å²) in [5.41, 5.74) is 0. The highest BCUT2D eigenvalue weighted by molar-refractivity contribution is 9.11. The summed E-state index contributed by atoms with van der Waals surface area (Å²) in [6, 6.07) is 0. The van der Waals surface area contributed by atoms with Gasteiger partial charge >= 0.3 is 0 Å². The van der Waals surface area contributed by atoms with Crippen LogP contribution in [-0.4, -0.2) is 28.6 Å². The van der Waals surface area contributed by atoms with E-state index in [9.17, 15) is 0 Å². The fourth-order valence-corrected chi connectivity index (χ4v) is 3.49. The van der Waals surface area contributed by atoms with Crippen LogP contribution in [0.25, 0.3) is 0 Å². The Morgan fingerprint density at radius 2 is 2.36 bits per heavy atom. The first kappa shape index (κ1) is 10.8. The van der Waals surface area contributed by atoms with Crippen molar-refractivity contribution in [1.29, 1.82) is 0 Å². The van der Waals surface area contributed by atoms with E-state index in [1.807, 2.05) is 0 Å². The van der Waals surface area contributed by atoms with E-state index in [0.29, 0.717) is 0 Å². The lowest BCUT2D eigenvalue weighted by Crippen LogP contribution is -2.19. The molecule has 0 aliphatic carbocycles. The van der Waals surface area contributed by atoms with Crippen LogP contribution in [-0.2, 0) is 0 Å². The molecule has 1 aromatic rings. The van der Waals surface area contributed by atoms with Gasteiger partial charge in [-0.3, -0.25) is 0 Å². The maximum atomic E-state index is 4.13. The number of anilines is 1. The number of hydrogen-bond acceptors (Lipinski definition) is 4. The minimum absolute atomic E-state index is 0.817. The molecule has 1 saturated heterocycles. The first-order chi connectivity index (χ1) is 6.79. The molecule has 0 bridgehead atoms. The second kappa shape index (κ2) is 4.90. The van der Waals surface area contributed by atoms with Crippen LogP contribution in [0.5, 0.6) is 0 Å². The van der Waals surface area contributed by atoms with Gasteiger partial charge in [0.2, 0.25) is 5.13 Å². The molecule has 0 saturated carbocycles. The molecule has 0 radical (unpaired) electrons. The lowest BCUT2D eigenvalue weighted by Gasteiger charge is -2.13. The van der Waals surface area contributed by atoms with E-state index in [0.717, 1.165) is 33.4 Å². The zero-order valence-electron chi connectivity index (χ0n) is 7.62. The Bertz CT molecular complexity index is 305. The van der Waals surface area contributed by atoms with Crippen molar-refractivity contribution in [2.24, 2.45) is 5.92 Å². The van der Waals surface area contributed by atoms with Gasteiger partial charge in [-0.2, -0.15) is 0 Å². The van der Waals surface area contributed by atoms with Crippen LogP contribution in [0.15, 0.2) is 3.92 Å². The van der Waals surface area contributed by atoms with Crippen LogP contribution in [0, 0.1) is 5.92 Å². The number of halogens is 2. The van der Waals surface area contributed by atoms with Gasteiger partial charge in [0.15, 0.2) is 3.92 Å². The van der Waals surface area contributed by atoms with E-state index in [4.69, 9.17) is 0 Å². The molecule has 1 unspecified atom stereocenters. The van der Waals surface area contributed by atoms with Crippen molar-refractivity contribution in [3.05, 3.63) is 3.92 Å². The summed E-state index contributed by atoms with van der Waals surface area (Å²) in [7, 11) is 0. The number of aromatic nitrogens is 2. The molecule has 0 amide bonds. The summed E-state index contributed by atoms with van der Waals surface area (Å²) in [5.74, 6) is 0.817. The smallest absolute Gasteiger partial charge is 0.209 e. The van der Waals surface area contributed by atoms with Crippen LogP contribution in [0.3, 0.4) is 0 Å². The van der Waals surface area contributed by atoms with Crippen molar-refractivity contribution in [1.82, 2.24) is 10.2 Å². The van der Waals surface area contributed by atoms with Crippen LogP contribution >= 0.6 is 43.2 Å². The molecule has 1 atom stereocenters. The fourth-order valence-electron chi connectivity index (χ4n) is 1.72. The average molecular weight is 341 g/mol.